The zero-order chi connectivity index (χ0) is 37.2. The van der Waals surface area contributed by atoms with Gasteiger partial charge in [0.2, 0.25) is 5.91 Å². The number of halogens is 2. The molecule has 0 saturated carbocycles. The van der Waals surface area contributed by atoms with Crippen LogP contribution in [0.4, 0.5) is 5.82 Å². The van der Waals surface area contributed by atoms with Crippen LogP contribution < -0.4 is 20.3 Å². The van der Waals surface area contributed by atoms with E-state index in [-0.39, 0.29) is 30.8 Å². The number of nitriles is 2. The molecule has 5 rings (SSSR count). The normalized spacial score (nSPS) is 14.0. The lowest BCUT2D eigenvalue weighted by atomic mass is 9.96. The van der Waals surface area contributed by atoms with Gasteiger partial charge < -0.3 is 25.4 Å². The Morgan fingerprint density at radius 2 is 1.70 bits per heavy atom. The fraction of sp³-hybridized carbons (Fsp3) is 0.368. The van der Waals surface area contributed by atoms with E-state index in [0.29, 0.717) is 56.2 Å². The molecule has 0 radical (unpaired) electrons. The van der Waals surface area contributed by atoms with E-state index < -0.39 is 18.1 Å². The second kappa shape index (κ2) is 19.6. The molecule has 1 saturated heterocycles. The van der Waals surface area contributed by atoms with Gasteiger partial charge in [-0.1, -0.05) is 67.9 Å². The van der Waals surface area contributed by atoms with Crippen molar-refractivity contribution in [2.24, 2.45) is 5.92 Å². The minimum atomic E-state index is -1.10. The molecule has 0 spiro atoms. The van der Waals surface area contributed by atoms with Gasteiger partial charge in [0, 0.05) is 46.9 Å². The Morgan fingerprint density at radius 1 is 1.04 bits per heavy atom. The molecule has 3 atom stereocenters. The smallest absolute Gasteiger partial charge is 0.325 e. The Bertz CT molecular complexity index is 1960. The Balaban J connectivity index is 0.00000627. The largest absolute Gasteiger partial charge is 0.492 e. The number of nitrogens with one attached hydrogen (secondary N) is 2. The summed E-state index contributed by atoms with van der Waals surface area (Å²) in [6, 6.07) is 17.9. The van der Waals surface area contributed by atoms with Crippen LogP contribution in [0.15, 0.2) is 58.9 Å². The maximum atomic E-state index is 12.8. The lowest BCUT2D eigenvalue weighted by Gasteiger charge is -2.24. The maximum absolute atomic E-state index is 12.8. The highest BCUT2D eigenvalue weighted by Crippen LogP contribution is 2.40. The lowest BCUT2D eigenvalue weighted by Crippen LogP contribution is -2.52. The number of carboxylic acid groups (broad SMARTS) is 1. The number of carboxylic acids is 1. The molecule has 0 aliphatic carbocycles. The van der Waals surface area contributed by atoms with Gasteiger partial charge in [-0.15, -0.1) is 23.7 Å². The van der Waals surface area contributed by atoms with E-state index in [9.17, 15) is 25.2 Å². The molecule has 3 N–H and O–H groups in total. The molecule has 1 fully saturated rings. The highest BCUT2D eigenvalue weighted by atomic mass is 35.5. The maximum Gasteiger partial charge on any atom is 0.325 e. The summed E-state index contributed by atoms with van der Waals surface area (Å²) in [6.07, 6.45) is 2.73. The number of aromatic nitrogens is 2. The summed E-state index contributed by atoms with van der Waals surface area (Å²) in [5.41, 5.74) is 3.78. The van der Waals surface area contributed by atoms with Gasteiger partial charge >= 0.3 is 5.97 Å². The van der Waals surface area contributed by atoms with Crippen molar-refractivity contribution >= 4 is 64.8 Å². The number of ether oxygens (including phenoxy) is 1. The molecule has 1 aliphatic rings. The molecule has 2 aromatic heterocycles. The average Bonchev–Trinajstić information content (AvgIpc) is 3.87. The number of carbonyl (C=O) groups is 2. The quantitative estimate of drug-likeness (QED) is 0.0758. The second-order valence-corrected chi connectivity index (χ2v) is 14.7. The predicted molar refractivity (Wildman–Crippen MR) is 212 cm³/mol. The number of pyridine rings is 1. The SMILES string of the molecule is CC[C@H](C)[C@H](NCCOc1ccc(-c2c(C#N)c(SCc3csc(-c4ccc(Cl)cc4)n3)nc(N3CCCC3)c2C#N)cc1)C(=O)N[C@@H](C)C(=O)O.Cl. The molecule has 11 nitrogen and oxygen atoms in total. The number of amides is 1. The predicted octanol–water partition coefficient (Wildman–Crippen LogP) is 7.56. The number of anilines is 1. The summed E-state index contributed by atoms with van der Waals surface area (Å²) >= 11 is 9.03. The molecular weight excluding hydrogens is 754 g/mol. The number of benzene rings is 2. The van der Waals surface area contributed by atoms with Crippen LogP contribution in [0.3, 0.4) is 0 Å². The zero-order valence-corrected chi connectivity index (χ0v) is 32.8. The third-order valence-electron chi connectivity index (χ3n) is 8.88. The van der Waals surface area contributed by atoms with Crippen LogP contribution in [0.2, 0.25) is 5.02 Å². The molecular formula is C38H41Cl2N7O4S2. The molecule has 3 heterocycles. The summed E-state index contributed by atoms with van der Waals surface area (Å²) in [5, 5.41) is 39.9. The van der Waals surface area contributed by atoms with Gasteiger partial charge in [-0.3, -0.25) is 9.59 Å². The topological polar surface area (TPSA) is 164 Å². The third kappa shape index (κ3) is 10.4. The fourth-order valence-electron chi connectivity index (χ4n) is 5.81. The van der Waals surface area contributed by atoms with E-state index in [2.05, 4.69) is 27.7 Å². The molecule has 1 amide bonds. The Labute approximate surface area is 329 Å². The Morgan fingerprint density at radius 3 is 2.32 bits per heavy atom. The van der Waals surface area contributed by atoms with Crippen molar-refractivity contribution in [3.05, 3.63) is 75.8 Å². The van der Waals surface area contributed by atoms with Crippen molar-refractivity contribution in [1.29, 1.82) is 10.5 Å². The summed E-state index contributed by atoms with van der Waals surface area (Å²) in [6.45, 7) is 7.51. The van der Waals surface area contributed by atoms with Crippen molar-refractivity contribution in [3.63, 3.8) is 0 Å². The van der Waals surface area contributed by atoms with E-state index >= 15 is 0 Å². The highest BCUT2D eigenvalue weighted by Gasteiger charge is 2.28. The van der Waals surface area contributed by atoms with Crippen molar-refractivity contribution in [2.45, 2.75) is 62.9 Å². The number of thiazole rings is 1. The first-order chi connectivity index (χ1) is 25.1. The first kappa shape index (κ1) is 41.4. The summed E-state index contributed by atoms with van der Waals surface area (Å²) < 4.78 is 5.97. The van der Waals surface area contributed by atoms with Crippen LogP contribution in [0.25, 0.3) is 21.7 Å². The van der Waals surface area contributed by atoms with E-state index in [1.807, 2.05) is 55.6 Å². The van der Waals surface area contributed by atoms with Gasteiger partial charge in [-0.25, -0.2) is 9.97 Å². The molecule has 53 heavy (non-hydrogen) atoms. The van der Waals surface area contributed by atoms with E-state index in [0.717, 1.165) is 48.6 Å². The molecule has 0 bridgehead atoms. The first-order valence-corrected chi connectivity index (χ1v) is 19.3. The van der Waals surface area contributed by atoms with Crippen LogP contribution in [-0.4, -0.2) is 65.3 Å². The molecule has 0 unspecified atom stereocenters. The van der Waals surface area contributed by atoms with Crippen molar-refractivity contribution in [2.75, 3.05) is 31.1 Å². The monoisotopic (exact) mass is 793 g/mol. The highest BCUT2D eigenvalue weighted by molar-refractivity contribution is 7.98. The van der Waals surface area contributed by atoms with Gasteiger partial charge in [0.05, 0.1) is 17.3 Å². The summed E-state index contributed by atoms with van der Waals surface area (Å²) in [4.78, 5) is 35.8. The molecule has 2 aromatic carbocycles. The number of hydrogen-bond donors (Lipinski definition) is 3. The van der Waals surface area contributed by atoms with Crippen LogP contribution in [-0.2, 0) is 15.3 Å². The minimum Gasteiger partial charge on any atom is -0.492 e. The molecule has 1 aliphatic heterocycles. The van der Waals surface area contributed by atoms with Crippen molar-refractivity contribution in [3.8, 4) is 39.6 Å². The Kier molecular flexibility index (Phi) is 15.3. The number of nitrogens with zero attached hydrogens (tertiary/aromatic N) is 5. The van der Waals surface area contributed by atoms with Crippen LogP contribution in [0.5, 0.6) is 5.75 Å². The van der Waals surface area contributed by atoms with Crippen molar-refractivity contribution in [1.82, 2.24) is 20.6 Å². The fourth-order valence-corrected chi connectivity index (χ4v) is 7.74. The Hall–Kier alpha value is -4.37. The van der Waals surface area contributed by atoms with Crippen molar-refractivity contribution < 1.29 is 19.4 Å². The van der Waals surface area contributed by atoms with E-state index in [1.54, 1.807) is 23.5 Å². The van der Waals surface area contributed by atoms with E-state index in [4.69, 9.17) is 26.3 Å². The number of carbonyl (C=O) groups excluding carboxylic acids is 1. The van der Waals surface area contributed by atoms with Gasteiger partial charge in [-0.05, 0) is 55.5 Å². The number of thioether (sulfide) groups is 1. The minimum absolute atomic E-state index is 0. The number of aliphatic carboxylic acids is 1. The summed E-state index contributed by atoms with van der Waals surface area (Å²) in [5.74, 6) is 0.172. The number of hydrogen-bond acceptors (Lipinski definition) is 11. The zero-order valence-electron chi connectivity index (χ0n) is 29.6. The summed E-state index contributed by atoms with van der Waals surface area (Å²) in [7, 11) is 0. The van der Waals surface area contributed by atoms with Gasteiger partial charge in [-0.2, -0.15) is 10.5 Å². The molecule has 15 heteroatoms. The first-order valence-electron chi connectivity index (χ1n) is 17.1. The second-order valence-electron chi connectivity index (χ2n) is 12.5. The average molecular weight is 795 g/mol. The standard InChI is InChI=1S/C38H40ClN7O4S2.ClH/c1-4-23(2)33(35(47)43-24(3)38(48)49)42-15-18-50-29-13-9-25(10-14-29)32-30(19-40)34(46-16-5-6-17-46)45-37(31(32)20-41)52-22-28-21-51-36(44-28)26-7-11-27(39)12-8-26;/h7-14,21,23-24,33,42H,4-6,15-18,22H2,1-3H3,(H,43,47)(H,48,49);1H/t23-,24-,33-;/m0./s1. The van der Waals surface area contributed by atoms with Gasteiger partial charge in [0.15, 0.2) is 0 Å². The lowest BCUT2D eigenvalue weighted by molar-refractivity contribution is -0.141. The van der Waals surface area contributed by atoms with Gasteiger partial charge in [0.25, 0.3) is 0 Å². The van der Waals surface area contributed by atoms with E-state index in [1.165, 1.54) is 18.7 Å². The van der Waals surface area contributed by atoms with Crippen LogP contribution >= 0.6 is 47.1 Å². The third-order valence-corrected chi connectivity index (χ3v) is 11.1. The van der Waals surface area contributed by atoms with Crippen LogP contribution in [0.1, 0.15) is 56.9 Å². The van der Waals surface area contributed by atoms with Gasteiger partial charge in [0.1, 0.15) is 52.0 Å². The molecule has 278 valence electrons. The molecule has 4 aromatic rings. The van der Waals surface area contributed by atoms with Crippen LogP contribution in [0, 0.1) is 28.6 Å². The number of rotatable bonds is 16.